The fourth-order valence-corrected chi connectivity index (χ4v) is 2.25. The SMILES string of the molecule is CCNC(=NCc1ccco1)NCC(C)c1cccc(C)c1. The summed E-state index contributed by atoms with van der Waals surface area (Å²) in [5.41, 5.74) is 2.64. The van der Waals surface area contributed by atoms with Crippen molar-refractivity contribution in [1.82, 2.24) is 10.6 Å². The Labute approximate surface area is 132 Å². The van der Waals surface area contributed by atoms with Gasteiger partial charge in [0.25, 0.3) is 0 Å². The number of guanidine groups is 1. The molecule has 0 bridgehead atoms. The summed E-state index contributed by atoms with van der Waals surface area (Å²) in [6.07, 6.45) is 1.67. The highest BCUT2D eigenvalue weighted by Gasteiger charge is 2.07. The molecule has 0 aliphatic carbocycles. The van der Waals surface area contributed by atoms with Gasteiger partial charge >= 0.3 is 0 Å². The first-order valence-corrected chi connectivity index (χ1v) is 7.80. The second-order valence-electron chi connectivity index (χ2n) is 5.47. The molecule has 1 aromatic heterocycles. The number of furan rings is 1. The number of aliphatic imine (C=N–C) groups is 1. The molecule has 0 amide bonds. The standard InChI is InChI=1S/C18H25N3O/c1-4-19-18(21-13-17-9-6-10-22-17)20-12-15(3)16-8-5-7-14(2)11-16/h5-11,15H,4,12-13H2,1-3H3,(H2,19,20,21). The molecule has 1 atom stereocenters. The van der Waals surface area contributed by atoms with Crippen molar-refractivity contribution in [3.63, 3.8) is 0 Å². The normalized spacial score (nSPS) is 13.0. The Morgan fingerprint density at radius 2 is 2.09 bits per heavy atom. The topological polar surface area (TPSA) is 49.6 Å². The van der Waals surface area contributed by atoms with Gasteiger partial charge in [-0.15, -0.1) is 0 Å². The molecule has 0 saturated heterocycles. The van der Waals surface area contributed by atoms with E-state index in [-0.39, 0.29) is 0 Å². The average molecular weight is 299 g/mol. The van der Waals surface area contributed by atoms with Gasteiger partial charge in [-0.2, -0.15) is 0 Å². The molecule has 0 saturated carbocycles. The highest BCUT2D eigenvalue weighted by Crippen LogP contribution is 2.15. The summed E-state index contributed by atoms with van der Waals surface area (Å²) in [5.74, 6) is 2.11. The van der Waals surface area contributed by atoms with Gasteiger partial charge in [-0.25, -0.2) is 4.99 Å². The lowest BCUT2D eigenvalue weighted by molar-refractivity contribution is 0.511. The highest BCUT2D eigenvalue weighted by atomic mass is 16.3. The zero-order valence-electron chi connectivity index (χ0n) is 13.6. The Bertz CT molecular complexity index is 590. The summed E-state index contributed by atoms with van der Waals surface area (Å²) in [6.45, 7) is 8.63. The van der Waals surface area contributed by atoms with Crippen LogP contribution < -0.4 is 10.6 Å². The number of nitrogens with zero attached hydrogens (tertiary/aromatic N) is 1. The summed E-state index contributed by atoms with van der Waals surface area (Å²) in [7, 11) is 0. The van der Waals surface area contributed by atoms with Gasteiger partial charge in [0.15, 0.2) is 5.96 Å². The highest BCUT2D eigenvalue weighted by molar-refractivity contribution is 5.79. The predicted molar refractivity (Wildman–Crippen MR) is 91.1 cm³/mol. The minimum Gasteiger partial charge on any atom is -0.467 e. The lowest BCUT2D eigenvalue weighted by Gasteiger charge is -2.16. The van der Waals surface area contributed by atoms with Crippen LogP contribution in [0.25, 0.3) is 0 Å². The van der Waals surface area contributed by atoms with E-state index in [2.05, 4.69) is 60.7 Å². The molecule has 0 radical (unpaired) electrons. The number of aryl methyl sites for hydroxylation is 1. The van der Waals surface area contributed by atoms with Crippen LogP contribution in [0.5, 0.6) is 0 Å². The number of hydrogen-bond acceptors (Lipinski definition) is 2. The molecular formula is C18H25N3O. The van der Waals surface area contributed by atoms with Crippen LogP contribution in [0.2, 0.25) is 0 Å². The van der Waals surface area contributed by atoms with E-state index >= 15 is 0 Å². The molecule has 118 valence electrons. The van der Waals surface area contributed by atoms with Crippen LogP contribution in [0.3, 0.4) is 0 Å². The van der Waals surface area contributed by atoms with E-state index in [0.717, 1.165) is 24.8 Å². The van der Waals surface area contributed by atoms with E-state index in [0.29, 0.717) is 12.5 Å². The van der Waals surface area contributed by atoms with Crippen molar-refractivity contribution in [2.75, 3.05) is 13.1 Å². The Morgan fingerprint density at radius 1 is 1.23 bits per heavy atom. The largest absolute Gasteiger partial charge is 0.467 e. The fourth-order valence-electron chi connectivity index (χ4n) is 2.25. The van der Waals surface area contributed by atoms with Crippen molar-refractivity contribution in [3.05, 3.63) is 59.5 Å². The Morgan fingerprint density at radius 3 is 2.77 bits per heavy atom. The number of nitrogens with one attached hydrogen (secondary N) is 2. The van der Waals surface area contributed by atoms with Gasteiger partial charge in [0.1, 0.15) is 12.3 Å². The molecule has 2 N–H and O–H groups in total. The molecule has 0 fully saturated rings. The second-order valence-corrected chi connectivity index (χ2v) is 5.47. The van der Waals surface area contributed by atoms with E-state index in [1.54, 1.807) is 6.26 Å². The van der Waals surface area contributed by atoms with Gasteiger partial charge in [0.05, 0.1) is 6.26 Å². The van der Waals surface area contributed by atoms with Crippen molar-refractivity contribution >= 4 is 5.96 Å². The molecule has 22 heavy (non-hydrogen) atoms. The van der Waals surface area contributed by atoms with Crippen LogP contribution in [0, 0.1) is 6.92 Å². The molecule has 4 heteroatoms. The van der Waals surface area contributed by atoms with Crippen molar-refractivity contribution in [2.45, 2.75) is 33.2 Å². The van der Waals surface area contributed by atoms with Crippen LogP contribution in [-0.4, -0.2) is 19.0 Å². The van der Waals surface area contributed by atoms with Crippen LogP contribution in [0.1, 0.15) is 36.7 Å². The van der Waals surface area contributed by atoms with Crippen molar-refractivity contribution < 1.29 is 4.42 Å². The van der Waals surface area contributed by atoms with Gasteiger partial charge < -0.3 is 15.1 Å². The minimum absolute atomic E-state index is 0.423. The third kappa shape index (κ3) is 4.95. The van der Waals surface area contributed by atoms with Crippen molar-refractivity contribution in [1.29, 1.82) is 0 Å². The van der Waals surface area contributed by atoms with E-state index in [9.17, 15) is 0 Å². The summed E-state index contributed by atoms with van der Waals surface area (Å²) in [4.78, 5) is 4.54. The van der Waals surface area contributed by atoms with Crippen LogP contribution in [-0.2, 0) is 6.54 Å². The molecule has 1 unspecified atom stereocenters. The van der Waals surface area contributed by atoms with Crippen molar-refractivity contribution in [2.24, 2.45) is 4.99 Å². The third-order valence-electron chi connectivity index (χ3n) is 3.50. The quantitative estimate of drug-likeness (QED) is 0.634. The Hall–Kier alpha value is -2.23. The number of hydrogen-bond donors (Lipinski definition) is 2. The van der Waals surface area contributed by atoms with Crippen LogP contribution in [0.15, 0.2) is 52.1 Å². The smallest absolute Gasteiger partial charge is 0.191 e. The van der Waals surface area contributed by atoms with E-state index in [4.69, 9.17) is 4.42 Å². The molecule has 0 spiro atoms. The summed E-state index contributed by atoms with van der Waals surface area (Å²) >= 11 is 0. The molecule has 2 rings (SSSR count). The van der Waals surface area contributed by atoms with Gasteiger partial charge in [0, 0.05) is 13.1 Å². The maximum atomic E-state index is 5.31. The fraction of sp³-hybridized carbons (Fsp3) is 0.389. The van der Waals surface area contributed by atoms with Gasteiger partial charge in [-0.1, -0.05) is 36.8 Å². The Kier molecular flexibility index (Phi) is 6.07. The molecule has 4 nitrogen and oxygen atoms in total. The summed E-state index contributed by atoms with van der Waals surface area (Å²) in [5, 5.41) is 6.66. The average Bonchev–Trinajstić information content (AvgIpc) is 3.03. The van der Waals surface area contributed by atoms with E-state index < -0.39 is 0 Å². The molecular weight excluding hydrogens is 274 g/mol. The third-order valence-corrected chi connectivity index (χ3v) is 3.50. The van der Waals surface area contributed by atoms with Gasteiger partial charge in [-0.05, 0) is 37.5 Å². The van der Waals surface area contributed by atoms with Crippen LogP contribution in [0.4, 0.5) is 0 Å². The maximum Gasteiger partial charge on any atom is 0.191 e. The first-order valence-electron chi connectivity index (χ1n) is 7.80. The van der Waals surface area contributed by atoms with E-state index in [1.807, 2.05) is 12.1 Å². The minimum atomic E-state index is 0.423. The maximum absolute atomic E-state index is 5.31. The Balaban J connectivity index is 1.92. The lowest BCUT2D eigenvalue weighted by Crippen LogP contribution is -2.39. The molecule has 0 aliphatic heterocycles. The number of rotatable bonds is 6. The summed E-state index contributed by atoms with van der Waals surface area (Å²) < 4.78 is 5.31. The number of benzene rings is 1. The van der Waals surface area contributed by atoms with Crippen LogP contribution >= 0.6 is 0 Å². The van der Waals surface area contributed by atoms with Crippen molar-refractivity contribution in [3.8, 4) is 0 Å². The molecule has 1 heterocycles. The van der Waals surface area contributed by atoms with Gasteiger partial charge in [-0.3, -0.25) is 0 Å². The molecule has 2 aromatic rings. The zero-order chi connectivity index (χ0) is 15.8. The second kappa shape index (κ2) is 8.27. The zero-order valence-corrected chi connectivity index (χ0v) is 13.6. The first-order chi connectivity index (χ1) is 10.7. The van der Waals surface area contributed by atoms with E-state index in [1.165, 1.54) is 11.1 Å². The van der Waals surface area contributed by atoms with Gasteiger partial charge in [0.2, 0.25) is 0 Å². The lowest BCUT2D eigenvalue weighted by atomic mass is 9.99. The molecule has 1 aromatic carbocycles. The monoisotopic (exact) mass is 299 g/mol. The predicted octanol–water partition coefficient (Wildman–Crippen LogP) is 3.45. The first kappa shape index (κ1) is 16.1. The molecule has 0 aliphatic rings. The summed E-state index contributed by atoms with van der Waals surface area (Å²) in [6, 6.07) is 12.5.